The molecule has 1 aromatic heterocycles. The summed E-state index contributed by atoms with van der Waals surface area (Å²) in [5, 5.41) is 20.5. The monoisotopic (exact) mass is 320 g/mol. The van der Waals surface area contributed by atoms with Gasteiger partial charge in [0.05, 0.1) is 12.7 Å². The number of aromatic nitrogens is 2. The molecule has 2 rings (SSSR count). The van der Waals surface area contributed by atoms with Crippen molar-refractivity contribution in [2.45, 2.75) is 30.3 Å². The van der Waals surface area contributed by atoms with E-state index in [1.807, 2.05) is 0 Å². The Labute approximate surface area is 131 Å². The molecule has 0 bridgehead atoms. The van der Waals surface area contributed by atoms with Crippen LogP contribution in [-0.4, -0.2) is 57.3 Å². The minimum atomic E-state index is -1.73. The zero-order chi connectivity index (χ0) is 17.0. The summed E-state index contributed by atoms with van der Waals surface area (Å²) in [6, 6.07) is 0. The Hall–Kier alpha value is -2.36. The van der Waals surface area contributed by atoms with Gasteiger partial charge in [-0.1, -0.05) is 11.8 Å². The Balaban J connectivity index is 2.27. The maximum absolute atomic E-state index is 11.7. The maximum atomic E-state index is 11.7. The molecule has 23 heavy (non-hydrogen) atoms. The Bertz CT molecular complexity index is 755. The molecule has 0 amide bonds. The van der Waals surface area contributed by atoms with Crippen LogP contribution in [0.25, 0.3) is 0 Å². The first-order valence-corrected chi connectivity index (χ1v) is 6.78. The number of hydrogen-bond acceptors (Lipinski definition) is 6. The highest BCUT2D eigenvalue weighted by Crippen LogP contribution is 2.30. The van der Waals surface area contributed by atoms with E-state index in [9.17, 15) is 19.8 Å². The third-order valence-corrected chi connectivity index (χ3v) is 3.69. The van der Waals surface area contributed by atoms with Crippen molar-refractivity contribution in [3.05, 3.63) is 32.6 Å². The first-order chi connectivity index (χ1) is 10.9. The van der Waals surface area contributed by atoms with Gasteiger partial charge in [-0.25, -0.2) is 4.79 Å². The highest BCUT2D eigenvalue weighted by molar-refractivity contribution is 5.21. The molecular weight excluding hydrogens is 304 g/mol. The van der Waals surface area contributed by atoms with Crippen LogP contribution in [0.5, 0.6) is 0 Å². The van der Waals surface area contributed by atoms with Crippen LogP contribution in [0.1, 0.15) is 5.56 Å². The molecule has 1 fully saturated rings. The van der Waals surface area contributed by atoms with Crippen LogP contribution in [0.4, 0.5) is 0 Å². The Morgan fingerprint density at radius 1 is 1.43 bits per heavy atom. The summed E-state index contributed by atoms with van der Waals surface area (Å²) >= 11 is 0. The molecule has 0 spiro atoms. The number of H-pyrrole nitrogens is 2. The Morgan fingerprint density at radius 2 is 2.17 bits per heavy atom. The van der Waals surface area contributed by atoms with Crippen LogP contribution in [0.2, 0.25) is 0 Å². The Kier molecular flexibility index (Phi) is 5.04. The van der Waals surface area contributed by atoms with Crippen LogP contribution >= 0.6 is 0 Å². The number of hydrogen-bond donors (Lipinski definition) is 4. The first kappa shape index (κ1) is 17.0. The number of nitrogens with one attached hydrogen (secondary N) is 2. The van der Waals surface area contributed by atoms with Gasteiger partial charge in [-0.05, 0) is 0 Å². The molecule has 4 N–H and O–H groups in total. The normalized spacial score (nSPS) is 30.3. The molecule has 1 aliphatic heterocycles. The van der Waals surface area contributed by atoms with E-state index in [-0.39, 0.29) is 25.2 Å². The van der Waals surface area contributed by atoms with Gasteiger partial charge in [0.25, 0.3) is 5.56 Å². The van der Waals surface area contributed by atoms with Gasteiger partial charge in [-0.3, -0.25) is 9.78 Å². The number of aliphatic hydroxyl groups excluding tert-OH is 2. The SMILES string of the molecule is C#CCO[C@]1(C#C)[C@H](O)CO[C@@H](Cc2c[nH]c(=O)[nH]c2=O)[C@@H]1O. The minimum absolute atomic E-state index is 0.0388. The van der Waals surface area contributed by atoms with Gasteiger partial charge in [0.2, 0.25) is 0 Å². The van der Waals surface area contributed by atoms with Crippen LogP contribution in [0, 0.1) is 24.7 Å². The highest BCUT2D eigenvalue weighted by atomic mass is 16.6. The third kappa shape index (κ3) is 3.21. The van der Waals surface area contributed by atoms with Crippen LogP contribution in [-0.2, 0) is 15.9 Å². The molecule has 2 heterocycles. The van der Waals surface area contributed by atoms with E-state index >= 15 is 0 Å². The van der Waals surface area contributed by atoms with Crippen LogP contribution in [0.15, 0.2) is 15.8 Å². The van der Waals surface area contributed by atoms with Crippen molar-refractivity contribution in [2.24, 2.45) is 0 Å². The highest BCUT2D eigenvalue weighted by Gasteiger charge is 2.52. The lowest BCUT2D eigenvalue weighted by Crippen LogP contribution is -2.64. The second-order valence-electron chi connectivity index (χ2n) is 5.06. The summed E-state index contributed by atoms with van der Waals surface area (Å²) in [6.45, 7) is -0.401. The molecule has 4 atom stereocenters. The lowest BCUT2D eigenvalue weighted by molar-refractivity contribution is -0.231. The molecule has 0 unspecified atom stereocenters. The van der Waals surface area contributed by atoms with Crippen molar-refractivity contribution in [3.63, 3.8) is 0 Å². The van der Waals surface area contributed by atoms with Crippen LogP contribution < -0.4 is 11.2 Å². The second-order valence-corrected chi connectivity index (χ2v) is 5.06. The summed E-state index contributed by atoms with van der Waals surface area (Å²) < 4.78 is 10.7. The van der Waals surface area contributed by atoms with Crippen molar-refractivity contribution >= 4 is 0 Å². The largest absolute Gasteiger partial charge is 0.387 e. The summed E-state index contributed by atoms with van der Waals surface area (Å²) in [5.41, 5.74) is -2.79. The summed E-state index contributed by atoms with van der Waals surface area (Å²) in [6.07, 6.45) is 8.13. The van der Waals surface area contributed by atoms with Crippen molar-refractivity contribution in [3.8, 4) is 24.7 Å². The fourth-order valence-electron chi connectivity index (χ4n) is 2.45. The van der Waals surface area contributed by atoms with E-state index < -0.39 is 35.2 Å². The predicted octanol–water partition coefficient (Wildman–Crippen LogP) is -2.25. The average molecular weight is 320 g/mol. The van der Waals surface area contributed by atoms with E-state index in [0.29, 0.717) is 0 Å². The number of terminal acetylenes is 2. The van der Waals surface area contributed by atoms with Crippen molar-refractivity contribution in [2.75, 3.05) is 13.2 Å². The fraction of sp³-hybridized carbons (Fsp3) is 0.467. The van der Waals surface area contributed by atoms with Crippen LogP contribution in [0.3, 0.4) is 0 Å². The second kappa shape index (κ2) is 6.82. The van der Waals surface area contributed by atoms with Gasteiger partial charge in [0.1, 0.15) is 18.8 Å². The smallest absolute Gasteiger partial charge is 0.325 e. The average Bonchev–Trinajstić information content (AvgIpc) is 2.53. The first-order valence-electron chi connectivity index (χ1n) is 6.78. The molecule has 1 aliphatic rings. The fourth-order valence-corrected chi connectivity index (χ4v) is 2.45. The van der Waals surface area contributed by atoms with Crippen molar-refractivity contribution in [1.29, 1.82) is 0 Å². The van der Waals surface area contributed by atoms with Gasteiger partial charge >= 0.3 is 5.69 Å². The lowest BCUT2D eigenvalue weighted by atomic mass is 9.83. The summed E-state index contributed by atoms with van der Waals surface area (Å²) in [5.74, 6) is 4.47. The van der Waals surface area contributed by atoms with E-state index in [4.69, 9.17) is 22.3 Å². The maximum Gasteiger partial charge on any atom is 0.325 e. The number of aromatic amines is 2. The molecule has 8 heteroatoms. The number of aliphatic hydroxyl groups is 2. The van der Waals surface area contributed by atoms with Gasteiger partial charge in [-0.2, -0.15) is 0 Å². The molecular formula is C15H16N2O6. The summed E-state index contributed by atoms with van der Waals surface area (Å²) in [7, 11) is 0. The molecule has 122 valence electrons. The van der Waals surface area contributed by atoms with Crippen molar-refractivity contribution < 1.29 is 19.7 Å². The molecule has 0 aliphatic carbocycles. The molecule has 1 aromatic rings. The van der Waals surface area contributed by atoms with Crippen molar-refractivity contribution in [1.82, 2.24) is 9.97 Å². The molecule has 0 saturated carbocycles. The topological polar surface area (TPSA) is 125 Å². The van der Waals surface area contributed by atoms with E-state index in [1.54, 1.807) is 0 Å². The zero-order valence-corrected chi connectivity index (χ0v) is 12.1. The number of rotatable bonds is 4. The van der Waals surface area contributed by atoms with Gasteiger partial charge in [0, 0.05) is 18.2 Å². The lowest BCUT2D eigenvalue weighted by Gasteiger charge is -2.44. The van der Waals surface area contributed by atoms with E-state index in [2.05, 4.69) is 21.8 Å². The van der Waals surface area contributed by atoms with Gasteiger partial charge < -0.3 is 24.7 Å². The molecule has 8 nitrogen and oxygen atoms in total. The quantitative estimate of drug-likeness (QED) is 0.465. The van der Waals surface area contributed by atoms with Gasteiger partial charge in [-0.15, -0.1) is 12.8 Å². The van der Waals surface area contributed by atoms with E-state index in [0.717, 1.165) is 0 Å². The molecule has 0 aromatic carbocycles. The third-order valence-electron chi connectivity index (χ3n) is 3.69. The minimum Gasteiger partial charge on any atom is -0.387 e. The van der Waals surface area contributed by atoms with Gasteiger partial charge in [0.15, 0.2) is 5.60 Å². The molecule has 1 saturated heterocycles. The summed E-state index contributed by atoms with van der Waals surface area (Å²) in [4.78, 5) is 27.1. The number of ether oxygens (including phenoxy) is 2. The predicted molar refractivity (Wildman–Crippen MR) is 79.5 cm³/mol. The van der Waals surface area contributed by atoms with E-state index in [1.165, 1.54) is 6.20 Å². The zero-order valence-electron chi connectivity index (χ0n) is 12.1. The molecule has 0 radical (unpaired) electrons. The Morgan fingerprint density at radius 3 is 2.78 bits per heavy atom. The standard InChI is InChI=1S/C15H16N2O6/c1-3-5-23-15(4-2)11(18)8-22-10(12(15)19)6-9-7-16-14(21)17-13(9)20/h1-2,7,10-12,18-19H,5-6,8H2,(H2,16,17,20,21)/t10-,11+,12-,15+/m0/s1.